The monoisotopic (exact) mass is 426 g/mol. The van der Waals surface area contributed by atoms with E-state index in [9.17, 15) is 19.2 Å². The first-order chi connectivity index (χ1) is 13.9. The Bertz CT molecular complexity index is 579. The van der Waals surface area contributed by atoms with Gasteiger partial charge in [0, 0.05) is 0 Å². The van der Waals surface area contributed by atoms with Gasteiger partial charge in [0.2, 0.25) is 0 Å². The van der Waals surface area contributed by atoms with Crippen LogP contribution in [-0.4, -0.2) is 48.0 Å². The van der Waals surface area contributed by atoms with E-state index in [2.05, 4.69) is 10.6 Å². The fraction of sp³-hybridized carbons (Fsp3) is 0.818. The van der Waals surface area contributed by atoms with Crippen molar-refractivity contribution in [3.05, 3.63) is 0 Å². The van der Waals surface area contributed by atoms with E-state index in [4.69, 9.17) is 9.47 Å². The largest absolute Gasteiger partial charge is 0.450 e. The quantitative estimate of drug-likeness (QED) is 0.630. The zero-order valence-electron chi connectivity index (χ0n) is 19.5. The lowest BCUT2D eigenvalue weighted by atomic mass is 9.96. The molecule has 0 bridgehead atoms. The SMILES string of the molecule is CCC(C)C1NC(=O)C(C(C)C)OC(=O)C(C(C)CC)NC(=O)C(C(C)C)OC1=O. The second kappa shape index (κ2) is 11.3. The molecule has 1 rings (SSSR count). The predicted molar refractivity (Wildman–Crippen MR) is 112 cm³/mol. The molecule has 8 heteroatoms. The Morgan fingerprint density at radius 3 is 1.20 bits per heavy atom. The molecular weight excluding hydrogens is 388 g/mol. The van der Waals surface area contributed by atoms with Crippen LogP contribution in [0.15, 0.2) is 0 Å². The number of ether oxygens (including phenoxy) is 2. The molecule has 1 aliphatic rings. The van der Waals surface area contributed by atoms with Crippen molar-refractivity contribution in [2.45, 2.75) is 92.5 Å². The van der Waals surface area contributed by atoms with Gasteiger partial charge in [-0.25, -0.2) is 9.59 Å². The zero-order chi connectivity index (χ0) is 23.2. The maximum atomic E-state index is 12.9. The fourth-order valence-electron chi connectivity index (χ4n) is 3.19. The number of nitrogens with one attached hydrogen (secondary N) is 2. The van der Waals surface area contributed by atoms with E-state index < -0.39 is 48.0 Å². The number of carbonyl (C=O) groups is 4. The van der Waals surface area contributed by atoms with Gasteiger partial charge in [0.25, 0.3) is 11.8 Å². The van der Waals surface area contributed by atoms with Crippen LogP contribution in [0.5, 0.6) is 0 Å². The Morgan fingerprint density at radius 1 is 0.667 bits per heavy atom. The highest BCUT2D eigenvalue weighted by molar-refractivity contribution is 5.93. The molecule has 8 nitrogen and oxygen atoms in total. The zero-order valence-corrected chi connectivity index (χ0v) is 19.5. The molecule has 6 unspecified atom stereocenters. The Balaban J connectivity index is 3.42. The second-order valence-electron chi connectivity index (χ2n) is 8.95. The molecular formula is C22H38N2O6. The molecule has 2 amide bonds. The predicted octanol–water partition coefficient (Wildman–Crippen LogP) is 2.20. The molecule has 0 aromatic heterocycles. The van der Waals surface area contributed by atoms with E-state index in [1.165, 1.54) is 0 Å². The summed E-state index contributed by atoms with van der Waals surface area (Å²) in [6, 6.07) is -1.89. The molecule has 1 aliphatic heterocycles. The minimum absolute atomic E-state index is 0.225. The van der Waals surface area contributed by atoms with E-state index in [1.54, 1.807) is 27.7 Å². The van der Waals surface area contributed by atoms with Crippen molar-refractivity contribution in [3.63, 3.8) is 0 Å². The van der Waals surface area contributed by atoms with Crippen LogP contribution in [0.25, 0.3) is 0 Å². The minimum atomic E-state index is -1.08. The van der Waals surface area contributed by atoms with E-state index in [1.807, 2.05) is 27.7 Å². The van der Waals surface area contributed by atoms with Gasteiger partial charge in [-0.05, 0) is 23.7 Å². The van der Waals surface area contributed by atoms with Crippen molar-refractivity contribution in [2.75, 3.05) is 0 Å². The van der Waals surface area contributed by atoms with Gasteiger partial charge in [0.1, 0.15) is 12.1 Å². The Morgan fingerprint density at radius 2 is 0.967 bits per heavy atom. The normalized spacial score (nSPS) is 28.6. The molecule has 0 spiro atoms. The summed E-state index contributed by atoms with van der Waals surface area (Å²) in [5.41, 5.74) is 0. The first-order valence-electron chi connectivity index (χ1n) is 11.0. The minimum Gasteiger partial charge on any atom is -0.450 e. The maximum Gasteiger partial charge on any atom is 0.329 e. The van der Waals surface area contributed by atoms with Crippen molar-refractivity contribution in [1.82, 2.24) is 10.6 Å². The summed E-state index contributed by atoms with van der Waals surface area (Å²) in [6.45, 7) is 14.4. The summed E-state index contributed by atoms with van der Waals surface area (Å²) in [5, 5.41) is 5.39. The Hall–Kier alpha value is -2.12. The second-order valence-corrected chi connectivity index (χ2v) is 8.95. The molecule has 1 saturated heterocycles. The van der Waals surface area contributed by atoms with Crippen LogP contribution in [-0.2, 0) is 28.7 Å². The van der Waals surface area contributed by atoms with Gasteiger partial charge in [-0.15, -0.1) is 0 Å². The number of hydrogen-bond acceptors (Lipinski definition) is 6. The van der Waals surface area contributed by atoms with Gasteiger partial charge in [-0.1, -0.05) is 68.2 Å². The van der Waals surface area contributed by atoms with Crippen LogP contribution in [0.4, 0.5) is 0 Å². The molecule has 2 N–H and O–H groups in total. The van der Waals surface area contributed by atoms with E-state index in [0.717, 1.165) is 0 Å². The van der Waals surface area contributed by atoms with Gasteiger partial charge in [-0.3, -0.25) is 9.59 Å². The summed E-state index contributed by atoms with van der Waals surface area (Å²) < 4.78 is 11.1. The van der Waals surface area contributed by atoms with Crippen molar-refractivity contribution >= 4 is 23.8 Å². The Labute approximate surface area is 179 Å². The first kappa shape index (κ1) is 25.9. The molecule has 0 radical (unpaired) electrons. The third-order valence-electron chi connectivity index (χ3n) is 5.74. The number of carbonyl (C=O) groups excluding carboxylic acids is 4. The lowest BCUT2D eigenvalue weighted by Gasteiger charge is -2.32. The topological polar surface area (TPSA) is 111 Å². The average Bonchev–Trinajstić information content (AvgIpc) is 2.69. The van der Waals surface area contributed by atoms with Gasteiger partial charge in [0.05, 0.1) is 0 Å². The molecule has 0 aliphatic carbocycles. The smallest absolute Gasteiger partial charge is 0.329 e. The van der Waals surface area contributed by atoms with Crippen LogP contribution < -0.4 is 10.6 Å². The first-order valence-corrected chi connectivity index (χ1v) is 11.0. The highest BCUT2D eigenvalue weighted by Crippen LogP contribution is 2.19. The summed E-state index contributed by atoms with van der Waals surface area (Å²) in [7, 11) is 0. The molecule has 30 heavy (non-hydrogen) atoms. The number of cyclic esters (lactones) is 2. The van der Waals surface area contributed by atoms with Gasteiger partial charge in [0.15, 0.2) is 12.2 Å². The van der Waals surface area contributed by atoms with Crippen LogP contribution in [0.3, 0.4) is 0 Å². The lowest BCUT2D eigenvalue weighted by Crippen LogP contribution is -2.57. The van der Waals surface area contributed by atoms with Crippen LogP contribution >= 0.6 is 0 Å². The summed E-state index contributed by atoms with van der Waals surface area (Å²) in [5.74, 6) is -3.51. The van der Waals surface area contributed by atoms with Gasteiger partial charge in [-0.2, -0.15) is 0 Å². The molecule has 172 valence electrons. The van der Waals surface area contributed by atoms with E-state index >= 15 is 0 Å². The van der Waals surface area contributed by atoms with Gasteiger partial charge < -0.3 is 20.1 Å². The van der Waals surface area contributed by atoms with Crippen LogP contribution in [0.1, 0.15) is 68.2 Å². The van der Waals surface area contributed by atoms with Crippen molar-refractivity contribution in [2.24, 2.45) is 23.7 Å². The highest BCUT2D eigenvalue weighted by Gasteiger charge is 2.40. The van der Waals surface area contributed by atoms with Crippen molar-refractivity contribution in [3.8, 4) is 0 Å². The third-order valence-corrected chi connectivity index (χ3v) is 5.74. The maximum absolute atomic E-state index is 12.9. The third kappa shape index (κ3) is 6.44. The molecule has 0 saturated carbocycles. The summed E-state index contributed by atoms with van der Waals surface area (Å²) in [4.78, 5) is 51.7. The van der Waals surface area contributed by atoms with Crippen LogP contribution in [0.2, 0.25) is 0 Å². The average molecular weight is 427 g/mol. The molecule has 1 heterocycles. The fourth-order valence-corrected chi connectivity index (χ4v) is 3.19. The standard InChI is InChI=1S/C22H38N2O6/c1-9-13(7)15-21(27)29-18(12(5)6)20(26)24-16(14(8)10-2)22(28)30-17(11(3)4)19(25)23-15/h11-18H,9-10H2,1-8H3,(H,23,25)(H,24,26). The van der Waals surface area contributed by atoms with E-state index in [0.29, 0.717) is 12.8 Å². The lowest BCUT2D eigenvalue weighted by molar-refractivity contribution is -0.170. The number of amides is 2. The van der Waals surface area contributed by atoms with Crippen molar-refractivity contribution in [1.29, 1.82) is 0 Å². The molecule has 1 fully saturated rings. The number of rotatable bonds is 6. The van der Waals surface area contributed by atoms with E-state index in [-0.39, 0.29) is 23.7 Å². The van der Waals surface area contributed by atoms with Crippen LogP contribution in [0, 0.1) is 23.7 Å². The molecule has 0 aromatic rings. The van der Waals surface area contributed by atoms with Gasteiger partial charge >= 0.3 is 11.9 Å². The summed E-state index contributed by atoms with van der Waals surface area (Å²) in [6.07, 6.45) is -0.942. The highest BCUT2D eigenvalue weighted by atomic mass is 16.6. The molecule has 6 atom stereocenters. The Kier molecular flexibility index (Phi) is 9.78. The number of hydrogen-bond donors (Lipinski definition) is 2. The molecule has 0 aromatic carbocycles. The van der Waals surface area contributed by atoms with Crippen molar-refractivity contribution < 1.29 is 28.7 Å². The summed E-state index contributed by atoms with van der Waals surface area (Å²) >= 11 is 0. The number of esters is 2.